The van der Waals surface area contributed by atoms with Gasteiger partial charge in [-0.2, -0.15) is 0 Å². The van der Waals surface area contributed by atoms with Gasteiger partial charge in [-0.05, 0) is 37.5 Å². The van der Waals surface area contributed by atoms with Gasteiger partial charge in [0.05, 0.1) is 11.3 Å². The Morgan fingerprint density at radius 1 is 1.38 bits per heavy atom. The molecule has 0 saturated carbocycles. The van der Waals surface area contributed by atoms with Crippen LogP contribution in [0.2, 0.25) is 5.15 Å². The summed E-state index contributed by atoms with van der Waals surface area (Å²) in [6.07, 6.45) is 2.24. The highest BCUT2D eigenvalue weighted by Crippen LogP contribution is 2.21. The molecule has 1 aliphatic heterocycles. The highest BCUT2D eigenvalue weighted by atomic mass is 35.5. The predicted octanol–water partition coefficient (Wildman–Crippen LogP) is 2.72. The molecule has 1 aromatic carbocycles. The number of imidazole rings is 1. The number of nitrogens with zero attached hydrogens (tertiary/aromatic N) is 2. The molecule has 26 heavy (non-hydrogen) atoms. The summed E-state index contributed by atoms with van der Waals surface area (Å²) < 4.78 is 0. The van der Waals surface area contributed by atoms with E-state index >= 15 is 0 Å². The van der Waals surface area contributed by atoms with Crippen molar-refractivity contribution < 1.29 is 14.7 Å². The standard InChI is InChI=1S/C18H21ClN4O3/c1-2-14-15(19)22-16(21-14)17(24)20-12-6-8-23(9-7-12)13-5-3-4-11(10-13)18(25)26/h3-5,10,12H,2,6-9H2,1H3,(H,20,24)(H,21,22)(H,25,26). The van der Waals surface area contributed by atoms with E-state index in [1.807, 2.05) is 13.0 Å². The number of hydrogen-bond donors (Lipinski definition) is 3. The minimum absolute atomic E-state index is 0.0513. The zero-order valence-corrected chi connectivity index (χ0v) is 15.2. The molecule has 0 spiro atoms. The Morgan fingerprint density at radius 3 is 2.73 bits per heavy atom. The topological polar surface area (TPSA) is 98.3 Å². The first-order chi connectivity index (χ1) is 12.5. The third-order valence-electron chi connectivity index (χ3n) is 4.59. The Kier molecular flexibility index (Phi) is 5.46. The molecule has 0 bridgehead atoms. The molecule has 0 aliphatic carbocycles. The molecule has 0 atom stereocenters. The normalized spacial score (nSPS) is 15.1. The highest BCUT2D eigenvalue weighted by molar-refractivity contribution is 6.30. The Hall–Kier alpha value is -2.54. The van der Waals surface area contributed by atoms with Crippen molar-refractivity contribution in [2.24, 2.45) is 0 Å². The smallest absolute Gasteiger partial charge is 0.335 e. The van der Waals surface area contributed by atoms with Crippen LogP contribution in [-0.2, 0) is 6.42 Å². The molecule has 0 unspecified atom stereocenters. The molecule has 138 valence electrons. The van der Waals surface area contributed by atoms with Gasteiger partial charge in [-0.3, -0.25) is 4.79 Å². The fourth-order valence-corrected chi connectivity index (χ4v) is 3.37. The number of aryl methyl sites for hydroxylation is 1. The van der Waals surface area contributed by atoms with Crippen LogP contribution < -0.4 is 10.2 Å². The number of benzene rings is 1. The SMILES string of the molecule is CCc1[nH]c(C(=O)NC2CCN(c3cccc(C(=O)O)c3)CC2)nc1Cl. The molecule has 3 rings (SSSR count). The van der Waals surface area contributed by atoms with Crippen LogP contribution in [0.3, 0.4) is 0 Å². The van der Waals surface area contributed by atoms with Gasteiger partial charge >= 0.3 is 5.97 Å². The van der Waals surface area contributed by atoms with Gasteiger partial charge in [-0.25, -0.2) is 9.78 Å². The van der Waals surface area contributed by atoms with Crippen molar-refractivity contribution >= 4 is 29.2 Å². The predicted molar refractivity (Wildman–Crippen MR) is 99.1 cm³/mol. The molecule has 1 aliphatic rings. The lowest BCUT2D eigenvalue weighted by Crippen LogP contribution is -2.45. The number of carboxylic acid groups (broad SMARTS) is 1. The average molecular weight is 377 g/mol. The van der Waals surface area contributed by atoms with Gasteiger partial charge in [-0.1, -0.05) is 24.6 Å². The van der Waals surface area contributed by atoms with Crippen LogP contribution in [0.15, 0.2) is 24.3 Å². The molecular weight excluding hydrogens is 356 g/mol. The Morgan fingerprint density at radius 2 is 2.12 bits per heavy atom. The molecule has 2 heterocycles. The number of rotatable bonds is 5. The molecule has 7 nitrogen and oxygen atoms in total. The Balaban J connectivity index is 1.57. The van der Waals surface area contributed by atoms with Crippen molar-refractivity contribution in [1.82, 2.24) is 15.3 Å². The van der Waals surface area contributed by atoms with Gasteiger partial charge in [0.15, 0.2) is 11.0 Å². The summed E-state index contributed by atoms with van der Waals surface area (Å²) in [5, 5.41) is 12.4. The summed E-state index contributed by atoms with van der Waals surface area (Å²) in [5.74, 6) is -0.945. The van der Waals surface area contributed by atoms with E-state index in [0.29, 0.717) is 11.6 Å². The average Bonchev–Trinajstić information content (AvgIpc) is 3.03. The summed E-state index contributed by atoms with van der Waals surface area (Å²) in [6, 6.07) is 6.97. The lowest BCUT2D eigenvalue weighted by atomic mass is 10.0. The minimum Gasteiger partial charge on any atom is -0.478 e. The third kappa shape index (κ3) is 3.99. The molecule has 2 aromatic rings. The molecule has 1 amide bonds. The number of aromatic amines is 1. The second kappa shape index (κ2) is 7.78. The number of carbonyl (C=O) groups is 2. The molecule has 1 saturated heterocycles. The van der Waals surface area contributed by atoms with Gasteiger partial charge in [0.1, 0.15) is 0 Å². The van der Waals surface area contributed by atoms with Gasteiger partial charge in [0.2, 0.25) is 0 Å². The first-order valence-corrected chi connectivity index (χ1v) is 8.99. The van der Waals surface area contributed by atoms with Crippen LogP contribution in [0.1, 0.15) is 46.4 Å². The minimum atomic E-state index is -0.933. The van der Waals surface area contributed by atoms with Crippen LogP contribution in [0.4, 0.5) is 5.69 Å². The molecule has 8 heteroatoms. The van der Waals surface area contributed by atoms with Crippen LogP contribution in [-0.4, -0.2) is 46.1 Å². The fourth-order valence-electron chi connectivity index (χ4n) is 3.10. The van der Waals surface area contributed by atoms with Gasteiger partial charge < -0.3 is 20.3 Å². The largest absolute Gasteiger partial charge is 0.478 e. The molecule has 1 aromatic heterocycles. The van der Waals surface area contributed by atoms with Gasteiger partial charge in [0, 0.05) is 24.8 Å². The number of carbonyl (C=O) groups excluding carboxylic acids is 1. The van der Waals surface area contributed by atoms with E-state index in [-0.39, 0.29) is 23.3 Å². The summed E-state index contributed by atoms with van der Waals surface area (Å²) in [7, 11) is 0. The number of halogens is 1. The number of aromatic nitrogens is 2. The van der Waals surface area contributed by atoms with E-state index < -0.39 is 5.97 Å². The summed E-state index contributed by atoms with van der Waals surface area (Å²) >= 11 is 5.98. The zero-order chi connectivity index (χ0) is 18.7. The van der Waals surface area contributed by atoms with E-state index in [4.69, 9.17) is 16.7 Å². The van der Waals surface area contributed by atoms with Crippen LogP contribution >= 0.6 is 11.6 Å². The van der Waals surface area contributed by atoms with Crippen LogP contribution in [0.25, 0.3) is 0 Å². The Labute approximate surface area is 156 Å². The molecule has 1 fully saturated rings. The van der Waals surface area contributed by atoms with Crippen LogP contribution in [0.5, 0.6) is 0 Å². The second-order valence-electron chi connectivity index (χ2n) is 6.30. The summed E-state index contributed by atoms with van der Waals surface area (Å²) in [4.78, 5) is 32.6. The van der Waals surface area contributed by atoms with E-state index in [9.17, 15) is 9.59 Å². The zero-order valence-electron chi connectivity index (χ0n) is 14.5. The lowest BCUT2D eigenvalue weighted by molar-refractivity contribution is 0.0696. The van der Waals surface area contributed by atoms with Crippen molar-refractivity contribution in [2.45, 2.75) is 32.2 Å². The van der Waals surface area contributed by atoms with Crippen molar-refractivity contribution in [3.8, 4) is 0 Å². The summed E-state index contributed by atoms with van der Waals surface area (Å²) in [6.45, 7) is 3.43. The monoisotopic (exact) mass is 376 g/mol. The van der Waals surface area contributed by atoms with E-state index in [1.54, 1.807) is 18.2 Å². The number of hydrogen-bond acceptors (Lipinski definition) is 4. The molecular formula is C18H21ClN4O3. The quantitative estimate of drug-likeness (QED) is 0.745. The first-order valence-electron chi connectivity index (χ1n) is 8.61. The summed E-state index contributed by atoms with van der Waals surface area (Å²) in [5.41, 5.74) is 1.92. The number of nitrogens with one attached hydrogen (secondary N) is 2. The number of H-pyrrole nitrogens is 1. The van der Waals surface area contributed by atoms with Crippen molar-refractivity contribution in [2.75, 3.05) is 18.0 Å². The maximum absolute atomic E-state index is 12.3. The van der Waals surface area contributed by atoms with Crippen molar-refractivity contribution in [1.29, 1.82) is 0 Å². The van der Waals surface area contributed by atoms with Crippen molar-refractivity contribution in [3.63, 3.8) is 0 Å². The Bertz CT molecular complexity index is 813. The number of aromatic carboxylic acids is 1. The number of amides is 1. The number of carboxylic acids is 1. The second-order valence-corrected chi connectivity index (χ2v) is 6.66. The van der Waals surface area contributed by atoms with Gasteiger partial charge in [-0.15, -0.1) is 0 Å². The molecule has 3 N–H and O–H groups in total. The van der Waals surface area contributed by atoms with Crippen molar-refractivity contribution in [3.05, 3.63) is 46.5 Å². The number of piperidine rings is 1. The fraction of sp³-hybridized carbons (Fsp3) is 0.389. The van der Waals surface area contributed by atoms with E-state index in [2.05, 4.69) is 20.2 Å². The third-order valence-corrected chi connectivity index (χ3v) is 4.90. The molecule has 0 radical (unpaired) electrons. The van der Waals surface area contributed by atoms with Crippen LogP contribution in [0, 0.1) is 0 Å². The first kappa shape index (κ1) is 18.3. The maximum atomic E-state index is 12.3. The lowest BCUT2D eigenvalue weighted by Gasteiger charge is -2.34. The number of anilines is 1. The van der Waals surface area contributed by atoms with Gasteiger partial charge in [0.25, 0.3) is 5.91 Å². The highest BCUT2D eigenvalue weighted by Gasteiger charge is 2.23. The maximum Gasteiger partial charge on any atom is 0.335 e. The van der Waals surface area contributed by atoms with E-state index in [0.717, 1.165) is 37.3 Å². The van der Waals surface area contributed by atoms with E-state index in [1.165, 1.54) is 0 Å².